The number of nitrogens with one attached hydrogen (secondary N) is 1. The Morgan fingerprint density at radius 3 is 2.58 bits per heavy atom. The zero-order chi connectivity index (χ0) is 18.5. The summed E-state index contributed by atoms with van der Waals surface area (Å²) in [6.07, 6.45) is 7.51. The smallest absolute Gasteiger partial charge is 0.163 e. The molecular formula is C20H35N4+. The third kappa shape index (κ3) is 6.90. The molecule has 1 aliphatic rings. The van der Waals surface area contributed by atoms with Gasteiger partial charge in [0, 0.05) is 36.2 Å². The van der Waals surface area contributed by atoms with Gasteiger partial charge in [-0.2, -0.15) is 0 Å². The van der Waals surface area contributed by atoms with E-state index in [0.717, 1.165) is 12.2 Å². The molecule has 5 N–H and O–H groups in total. The highest BCUT2D eigenvalue weighted by molar-refractivity contribution is 5.67. The van der Waals surface area contributed by atoms with Gasteiger partial charge < -0.3 is 16.4 Å². The standard InChI is InChI=1S/C12H18N2.C6H10N2.C2H6/c1-3-14-6-4-5-10-8-11(13)7-9(2)12(10)14;1-3-6(7)4-5-8-2;1-2/h7-8H,3-6,13H2,1-2H3;3-5H,1,7H2,2H3;1-2H3/p+1/b;6-4+,8-5?;. The van der Waals surface area contributed by atoms with E-state index in [-0.39, 0.29) is 0 Å². The number of nitrogens with two attached hydrogens (primary N) is 2. The molecule has 4 nitrogen and oxygen atoms in total. The fourth-order valence-electron chi connectivity index (χ4n) is 2.66. The lowest BCUT2D eigenvalue weighted by Crippen LogP contribution is -2.62. The Kier molecular flexibility index (Phi) is 11.1. The molecule has 0 amide bonds. The third-order valence-electron chi connectivity index (χ3n) is 3.65. The summed E-state index contributed by atoms with van der Waals surface area (Å²) in [6.45, 7) is 14.1. The molecule has 4 heteroatoms. The summed E-state index contributed by atoms with van der Waals surface area (Å²) < 4.78 is 0. The van der Waals surface area contributed by atoms with Crippen LogP contribution in [-0.2, 0) is 6.42 Å². The van der Waals surface area contributed by atoms with Gasteiger partial charge in [-0.1, -0.05) is 20.4 Å². The summed E-state index contributed by atoms with van der Waals surface area (Å²) in [7, 11) is 1.81. The summed E-state index contributed by atoms with van der Waals surface area (Å²) in [4.78, 5) is 5.26. The van der Waals surface area contributed by atoms with Gasteiger partial charge in [-0.25, -0.2) is 0 Å². The molecule has 0 saturated carbocycles. The fourth-order valence-corrected chi connectivity index (χ4v) is 2.66. The van der Waals surface area contributed by atoms with Crippen molar-refractivity contribution in [3.05, 3.63) is 47.7 Å². The van der Waals surface area contributed by atoms with Crippen LogP contribution in [0.4, 0.5) is 11.4 Å². The van der Waals surface area contributed by atoms with Crippen molar-refractivity contribution in [1.29, 1.82) is 0 Å². The molecule has 0 bridgehead atoms. The van der Waals surface area contributed by atoms with Gasteiger partial charge in [0.2, 0.25) is 0 Å². The predicted octanol–water partition coefficient (Wildman–Crippen LogP) is 2.17. The van der Waals surface area contributed by atoms with Gasteiger partial charge in [0.25, 0.3) is 0 Å². The Morgan fingerprint density at radius 1 is 1.38 bits per heavy atom. The molecule has 2 rings (SSSR count). The Labute approximate surface area is 148 Å². The van der Waals surface area contributed by atoms with Crippen LogP contribution in [0.1, 0.15) is 38.3 Å². The molecule has 134 valence electrons. The normalized spacial score (nSPS) is 13.4. The van der Waals surface area contributed by atoms with Crippen molar-refractivity contribution >= 4 is 17.6 Å². The Bertz CT molecular complexity index is 559. The van der Waals surface area contributed by atoms with Gasteiger partial charge in [0.1, 0.15) is 7.05 Å². The third-order valence-corrected chi connectivity index (χ3v) is 3.65. The number of anilines is 2. The summed E-state index contributed by atoms with van der Waals surface area (Å²) in [5.41, 5.74) is 16.9. The van der Waals surface area contributed by atoms with E-state index in [2.05, 4.69) is 42.5 Å². The number of aryl methyl sites for hydroxylation is 2. The number of rotatable bonds is 3. The summed E-state index contributed by atoms with van der Waals surface area (Å²) >= 11 is 0. The van der Waals surface area contributed by atoms with Crippen LogP contribution >= 0.6 is 0 Å². The minimum atomic E-state index is 0.666. The van der Waals surface area contributed by atoms with Gasteiger partial charge in [-0.3, -0.25) is 4.99 Å². The monoisotopic (exact) mass is 331 g/mol. The lowest BCUT2D eigenvalue weighted by molar-refractivity contribution is -0.413. The second-order valence-corrected chi connectivity index (χ2v) is 5.35. The van der Waals surface area contributed by atoms with Gasteiger partial charge in [0.15, 0.2) is 6.21 Å². The average Bonchev–Trinajstić information content (AvgIpc) is 2.61. The highest BCUT2D eigenvalue weighted by atomic mass is 15.1. The molecule has 0 radical (unpaired) electrons. The lowest BCUT2D eigenvalue weighted by Gasteiger charge is -2.32. The molecule has 1 aliphatic heterocycles. The number of benzene rings is 1. The first kappa shape index (κ1) is 21.8. The van der Waals surface area contributed by atoms with Gasteiger partial charge in [-0.15, -0.1) is 0 Å². The van der Waals surface area contributed by atoms with E-state index in [1.54, 1.807) is 18.4 Å². The molecule has 0 unspecified atom stereocenters. The van der Waals surface area contributed by atoms with E-state index in [1.807, 2.05) is 20.9 Å². The van der Waals surface area contributed by atoms with Crippen molar-refractivity contribution in [3.63, 3.8) is 0 Å². The second kappa shape index (κ2) is 12.2. The summed E-state index contributed by atoms with van der Waals surface area (Å²) in [5.74, 6) is 0. The van der Waals surface area contributed by atoms with Crippen molar-refractivity contribution in [2.75, 3.05) is 30.8 Å². The minimum absolute atomic E-state index is 0.666. The van der Waals surface area contributed by atoms with E-state index in [1.165, 1.54) is 36.2 Å². The molecule has 0 aromatic heterocycles. The molecule has 0 saturated heterocycles. The SMILES string of the molecule is C=C/C(N)=C\C=[NH+]C.CC.CCN1CCCc2cc(N)cc(C)c21. The van der Waals surface area contributed by atoms with Gasteiger partial charge >= 0.3 is 0 Å². The number of allylic oxidation sites excluding steroid dienone is 2. The Morgan fingerprint density at radius 2 is 2.04 bits per heavy atom. The zero-order valence-electron chi connectivity index (χ0n) is 16.0. The first-order valence-corrected chi connectivity index (χ1v) is 8.76. The summed E-state index contributed by atoms with van der Waals surface area (Å²) in [6, 6.07) is 4.21. The molecule has 1 aromatic carbocycles. The highest BCUT2D eigenvalue weighted by Gasteiger charge is 2.17. The number of hydrogen-bond acceptors (Lipinski definition) is 3. The predicted molar refractivity (Wildman–Crippen MR) is 109 cm³/mol. The fraction of sp³-hybridized carbons (Fsp3) is 0.450. The molecule has 0 spiro atoms. The molecule has 1 heterocycles. The van der Waals surface area contributed by atoms with E-state index in [4.69, 9.17) is 11.5 Å². The molecule has 0 aliphatic carbocycles. The van der Waals surface area contributed by atoms with Crippen LogP contribution in [0.3, 0.4) is 0 Å². The van der Waals surface area contributed by atoms with Crippen molar-refractivity contribution < 1.29 is 4.99 Å². The van der Waals surface area contributed by atoms with E-state index >= 15 is 0 Å². The Hall–Kier alpha value is -2.23. The number of nitrogens with zero attached hydrogens (tertiary/aromatic N) is 1. The summed E-state index contributed by atoms with van der Waals surface area (Å²) in [5, 5.41) is 0. The molecule has 1 aromatic rings. The number of hydrogen-bond donors (Lipinski definition) is 3. The molecular weight excluding hydrogens is 296 g/mol. The first-order chi connectivity index (χ1) is 11.5. The molecule has 24 heavy (non-hydrogen) atoms. The number of nitrogen functional groups attached to an aromatic ring is 1. The average molecular weight is 332 g/mol. The first-order valence-electron chi connectivity index (χ1n) is 8.76. The van der Waals surface area contributed by atoms with Crippen molar-refractivity contribution in [2.24, 2.45) is 5.73 Å². The van der Waals surface area contributed by atoms with E-state index in [9.17, 15) is 0 Å². The maximum absolute atomic E-state index is 5.85. The van der Waals surface area contributed by atoms with Gasteiger partial charge in [-0.05, 0) is 56.0 Å². The lowest BCUT2D eigenvalue weighted by atomic mass is 9.97. The molecule has 0 atom stereocenters. The van der Waals surface area contributed by atoms with Crippen molar-refractivity contribution in [3.8, 4) is 0 Å². The van der Waals surface area contributed by atoms with Crippen LogP contribution in [0.2, 0.25) is 0 Å². The van der Waals surface area contributed by atoms with E-state index in [0.29, 0.717) is 5.70 Å². The van der Waals surface area contributed by atoms with Crippen LogP contribution in [0, 0.1) is 6.92 Å². The Balaban J connectivity index is 0.000000456. The van der Waals surface area contributed by atoms with Crippen molar-refractivity contribution in [2.45, 2.75) is 40.5 Å². The van der Waals surface area contributed by atoms with Crippen molar-refractivity contribution in [1.82, 2.24) is 0 Å². The largest absolute Gasteiger partial charge is 0.399 e. The number of fused-ring (bicyclic) bond motifs is 1. The van der Waals surface area contributed by atoms with Crippen LogP contribution < -0.4 is 21.4 Å². The van der Waals surface area contributed by atoms with Gasteiger partial charge in [0.05, 0.1) is 0 Å². The van der Waals surface area contributed by atoms with Crippen LogP contribution in [0.15, 0.2) is 36.6 Å². The maximum Gasteiger partial charge on any atom is 0.163 e. The quantitative estimate of drug-likeness (QED) is 0.452. The second-order valence-electron chi connectivity index (χ2n) is 5.35. The minimum Gasteiger partial charge on any atom is -0.399 e. The molecule has 0 fully saturated rings. The maximum atomic E-state index is 5.85. The highest BCUT2D eigenvalue weighted by Crippen LogP contribution is 2.32. The van der Waals surface area contributed by atoms with Crippen LogP contribution in [0.5, 0.6) is 0 Å². The zero-order valence-corrected chi connectivity index (χ0v) is 16.0. The van der Waals surface area contributed by atoms with E-state index < -0.39 is 0 Å². The van der Waals surface area contributed by atoms with Crippen LogP contribution in [0.25, 0.3) is 0 Å². The van der Waals surface area contributed by atoms with Crippen LogP contribution in [-0.4, -0.2) is 26.4 Å². The topological polar surface area (TPSA) is 69.2 Å².